The summed E-state index contributed by atoms with van der Waals surface area (Å²) in [4.78, 5) is 1.94. The van der Waals surface area contributed by atoms with Gasteiger partial charge in [-0.2, -0.15) is 5.26 Å². The summed E-state index contributed by atoms with van der Waals surface area (Å²) in [6, 6.07) is 4.47. The molecule has 2 rings (SSSR count). The van der Waals surface area contributed by atoms with Crippen LogP contribution < -0.4 is 10.1 Å². The summed E-state index contributed by atoms with van der Waals surface area (Å²) >= 11 is 0. The lowest BCUT2D eigenvalue weighted by atomic mass is 9.98. The number of benzene rings is 1. The van der Waals surface area contributed by atoms with Gasteiger partial charge >= 0.3 is 0 Å². The fourth-order valence-corrected chi connectivity index (χ4v) is 2.54. The first-order valence-corrected chi connectivity index (χ1v) is 6.53. The monoisotopic (exact) mass is 279 g/mol. The molecular formula is C14H18FN3O2. The van der Waals surface area contributed by atoms with Gasteiger partial charge in [-0.1, -0.05) is 0 Å². The zero-order valence-electron chi connectivity index (χ0n) is 11.4. The number of hydrogen-bond donors (Lipinski definition) is 2. The molecule has 20 heavy (non-hydrogen) atoms. The van der Waals surface area contributed by atoms with Gasteiger partial charge in [0, 0.05) is 31.7 Å². The van der Waals surface area contributed by atoms with Crippen LogP contribution in [0.15, 0.2) is 12.1 Å². The number of nitrogens with one attached hydrogen (secondary N) is 1. The van der Waals surface area contributed by atoms with Crippen molar-refractivity contribution in [3.8, 4) is 17.6 Å². The van der Waals surface area contributed by atoms with Gasteiger partial charge < -0.3 is 15.2 Å². The van der Waals surface area contributed by atoms with Crippen molar-refractivity contribution >= 4 is 0 Å². The lowest BCUT2D eigenvalue weighted by molar-refractivity contribution is 0.144. The van der Waals surface area contributed by atoms with Gasteiger partial charge in [-0.05, 0) is 12.1 Å². The second-order valence-corrected chi connectivity index (χ2v) is 4.65. The number of aromatic hydroxyl groups is 1. The van der Waals surface area contributed by atoms with E-state index in [1.54, 1.807) is 6.07 Å². The van der Waals surface area contributed by atoms with E-state index in [-0.39, 0.29) is 17.1 Å². The molecule has 0 bridgehead atoms. The number of methoxy groups -OCH3 is 1. The molecule has 1 aromatic rings. The summed E-state index contributed by atoms with van der Waals surface area (Å²) in [5.41, 5.74) is 0.598. The van der Waals surface area contributed by atoms with Crippen molar-refractivity contribution in [2.75, 3.05) is 40.0 Å². The van der Waals surface area contributed by atoms with Crippen LogP contribution in [0.5, 0.6) is 11.5 Å². The number of ether oxygens (including phenoxy) is 1. The molecule has 1 atom stereocenters. The molecular weight excluding hydrogens is 261 g/mol. The average Bonchev–Trinajstić information content (AvgIpc) is 2.50. The van der Waals surface area contributed by atoms with Crippen LogP contribution in [0, 0.1) is 11.3 Å². The van der Waals surface area contributed by atoms with Crippen LogP contribution in [0.2, 0.25) is 0 Å². The maximum absolute atomic E-state index is 13.5. The zero-order valence-corrected chi connectivity index (χ0v) is 11.4. The number of hydrogen-bond acceptors (Lipinski definition) is 5. The third-order valence-corrected chi connectivity index (χ3v) is 3.59. The molecule has 5 nitrogen and oxygen atoms in total. The number of nitriles is 1. The third-order valence-electron chi connectivity index (χ3n) is 3.59. The maximum atomic E-state index is 13.5. The molecule has 0 radical (unpaired) electrons. The van der Waals surface area contributed by atoms with Crippen LogP contribution in [-0.4, -0.2) is 50.0 Å². The number of phenols is 1. The van der Waals surface area contributed by atoms with Crippen LogP contribution in [0.1, 0.15) is 17.2 Å². The Bertz CT molecular complexity index is 510. The van der Waals surface area contributed by atoms with Crippen molar-refractivity contribution in [3.05, 3.63) is 23.3 Å². The number of rotatable bonds is 4. The summed E-state index contributed by atoms with van der Waals surface area (Å²) in [7, 11) is 1.43. The maximum Gasteiger partial charge on any atom is 0.163 e. The van der Waals surface area contributed by atoms with E-state index >= 15 is 0 Å². The molecule has 1 heterocycles. The zero-order chi connectivity index (χ0) is 14.5. The molecule has 1 aliphatic heterocycles. The van der Waals surface area contributed by atoms with Gasteiger partial charge in [0.15, 0.2) is 11.5 Å². The van der Waals surface area contributed by atoms with Crippen LogP contribution in [0.25, 0.3) is 0 Å². The molecule has 0 amide bonds. The van der Waals surface area contributed by atoms with Crippen molar-refractivity contribution in [1.29, 1.82) is 5.26 Å². The van der Waals surface area contributed by atoms with Gasteiger partial charge in [-0.15, -0.1) is 0 Å². The number of phenolic OH excluding ortho intramolecular Hbond substituents is 1. The fraction of sp³-hybridized carbons (Fsp3) is 0.500. The highest BCUT2D eigenvalue weighted by atomic mass is 19.1. The highest BCUT2D eigenvalue weighted by Crippen LogP contribution is 2.38. The number of halogens is 1. The van der Waals surface area contributed by atoms with E-state index in [1.165, 1.54) is 13.2 Å². The average molecular weight is 279 g/mol. The minimum absolute atomic E-state index is 0.146. The van der Waals surface area contributed by atoms with Crippen LogP contribution in [0.4, 0.5) is 4.39 Å². The molecule has 6 heteroatoms. The third kappa shape index (κ3) is 2.69. The Labute approximate surface area is 117 Å². The molecule has 0 unspecified atom stereocenters. The fourth-order valence-electron chi connectivity index (χ4n) is 2.54. The standard InChI is InChI=1S/C14H18FN3O2/c1-20-12-3-2-10(9-16)13(14(12)19)11(8-15)18-6-4-17-5-7-18/h2-3,11,17,19H,4-8H2,1H3/t11-/m0/s1. The van der Waals surface area contributed by atoms with E-state index in [0.29, 0.717) is 18.7 Å². The topological polar surface area (TPSA) is 68.5 Å². The predicted octanol–water partition coefficient (Wildman–Crippen LogP) is 1.19. The molecule has 1 aromatic carbocycles. The van der Waals surface area contributed by atoms with Crippen molar-refractivity contribution in [3.63, 3.8) is 0 Å². The molecule has 1 saturated heterocycles. The van der Waals surface area contributed by atoms with E-state index in [9.17, 15) is 14.8 Å². The van der Waals surface area contributed by atoms with Crippen molar-refractivity contribution < 1.29 is 14.2 Å². The molecule has 0 aromatic heterocycles. The van der Waals surface area contributed by atoms with Crippen molar-refractivity contribution in [2.45, 2.75) is 6.04 Å². The largest absolute Gasteiger partial charge is 0.504 e. The molecule has 0 spiro atoms. The predicted molar refractivity (Wildman–Crippen MR) is 72.5 cm³/mol. The number of piperazine rings is 1. The molecule has 1 fully saturated rings. The first-order chi connectivity index (χ1) is 9.72. The molecule has 0 saturated carbocycles. The summed E-state index contributed by atoms with van der Waals surface area (Å²) in [5.74, 6) is 0.111. The highest BCUT2D eigenvalue weighted by molar-refractivity contribution is 5.55. The summed E-state index contributed by atoms with van der Waals surface area (Å²) in [5, 5.41) is 22.6. The Morgan fingerprint density at radius 3 is 2.75 bits per heavy atom. The lowest BCUT2D eigenvalue weighted by Gasteiger charge is -2.34. The Kier molecular flexibility index (Phi) is 4.77. The Morgan fingerprint density at radius 1 is 1.50 bits per heavy atom. The van der Waals surface area contributed by atoms with Crippen LogP contribution in [-0.2, 0) is 0 Å². The van der Waals surface area contributed by atoms with Gasteiger partial charge in [-0.3, -0.25) is 4.90 Å². The summed E-state index contributed by atoms with van der Waals surface area (Å²) in [6.07, 6.45) is 0. The van der Waals surface area contributed by atoms with Crippen LogP contribution >= 0.6 is 0 Å². The first-order valence-electron chi connectivity index (χ1n) is 6.53. The number of nitrogens with zero attached hydrogens (tertiary/aromatic N) is 2. The summed E-state index contributed by atoms with van der Waals surface area (Å²) < 4.78 is 18.6. The Balaban J connectivity index is 2.44. The Morgan fingerprint density at radius 2 is 2.20 bits per heavy atom. The van der Waals surface area contributed by atoms with E-state index in [1.807, 2.05) is 11.0 Å². The van der Waals surface area contributed by atoms with E-state index in [4.69, 9.17) is 4.74 Å². The molecule has 0 aliphatic carbocycles. The second-order valence-electron chi connectivity index (χ2n) is 4.65. The second kappa shape index (κ2) is 6.55. The van der Waals surface area contributed by atoms with E-state index < -0.39 is 12.7 Å². The SMILES string of the molecule is COc1ccc(C#N)c([C@H](CF)N2CCNCC2)c1O. The van der Waals surface area contributed by atoms with Gasteiger partial charge in [0.1, 0.15) is 6.67 Å². The van der Waals surface area contributed by atoms with Crippen LogP contribution in [0.3, 0.4) is 0 Å². The smallest absolute Gasteiger partial charge is 0.163 e. The van der Waals surface area contributed by atoms with E-state index in [2.05, 4.69) is 5.32 Å². The van der Waals surface area contributed by atoms with Gasteiger partial charge in [0.05, 0.1) is 24.8 Å². The normalized spacial score (nSPS) is 17.4. The lowest BCUT2D eigenvalue weighted by Crippen LogP contribution is -2.45. The molecule has 1 aliphatic rings. The highest BCUT2D eigenvalue weighted by Gasteiger charge is 2.28. The Hall–Kier alpha value is -1.84. The number of alkyl halides is 1. The van der Waals surface area contributed by atoms with Gasteiger partial charge in [0.2, 0.25) is 0 Å². The first kappa shape index (κ1) is 14.6. The van der Waals surface area contributed by atoms with E-state index in [0.717, 1.165) is 13.1 Å². The van der Waals surface area contributed by atoms with Gasteiger partial charge in [0.25, 0.3) is 0 Å². The minimum Gasteiger partial charge on any atom is -0.504 e. The molecule has 2 N–H and O–H groups in total. The summed E-state index contributed by atoms with van der Waals surface area (Å²) in [6.45, 7) is 2.23. The van der Waals surface area contributed by atoms with Gasteiger partial charge in [-0.25, -0.2) is 4.39 Å². The minimum atomic E-state index is -0.657. The quantitative estimate of drug-likeness (QED) is 0.866. The van der Waals surface area contributed by atoms with Crippen molar-refractivity contribution in [1.82, 2.24) is 10.2 Å². The van der Waals surface area contributed by atoms with Crippen molar-refractivity contribution in [2.24, 2.45) is 0 Å². The molecule has 108 valence electrons.